The Bertz CT molecular complexity index is 749. The van der Waals surface area contributed by atoms with Crippen molar-refractivity contribution in [2.45, 2.75) is 4.90 Å². The van der Waals surface area contributed by atoms with Crippen molar-refractivity contribution in [3.05, 3.63) is 59.9 Å². The number of hydrogen-bond donors (Lipinski definition) is 0. The van der Waals surface area contributed by atoms with E-state index in [0.717, 1.165) is 12.1 Å². The average molecular weight is 296 g/mol. The second kappa shape index (κ2) is 5.46. The molecule has 0 N–H and O–H groups in total. The van der Waals surface area contributed by atoms with Gasteiger partial charge >= 0.3 is 0 Å². The van der Waals surface area contributed by atoms with Crippen LogP contribution in [0.5, 0.6) is 0 Å². The molecule has 2 rings (SSSR count). The summed E-state index contributed by atoms with van der Waals surface area (Å²) in [6.45, 7) is 0. The largest absolute Gasteiger partial charge is 0.285 e. The van der Waals surface area contributed by atoms with Crippen LogP contribution in [-0.2, 0) is 9.73 Å². The molecule has 0 saturated heterocycles. The summed E-state index contributed by atoms with van der Waals surface area (Å²) < 4.78 is 41.9. The van der Waals surface area contributed by atoms with E-state index in [0.29, 0.717) is 6.07 Å². The maximum atomic E-state index is 13.0. The van der Waals surface area contributed by atoms with Crippen molar-refractivity contribution >= 4 is 15.6 Å². The first-order valence-corrected chi connectivity index (χ1v) is 7.43. The topological polar surface area (TPSA) is 59.4 Å². The number of rotatable bonds is 2. The van der Waals surface area contributed by atoms with Crippen molar-refractivity contribution in [3.63, 3.8) is 0 Å². The first-order chi connectivity index (χ1) is 9.38. The minimum absolute atomic E-state index is 0.269. The molecule has 0 spiro atoms. The van der Waals surface area contributed by atoms with Crippen molar-refractivity contribution in [3.8, 4) is 0 Å². The van der Waals surface area contributed by atoms with Gasteiger partial charge in [-0.15, -0.1) is 0 Å². The van der Waals surface area contributed by atoms with Gasteiger partial charge < -0.3 is 0 Å². The molecule has 0 saturated carbocycles. The lowest BCUT2D eigenvalue weighted by Crippen LogP contribution is -2.05. The highest BCUT2D eigenvalue weighted by Gasteiger charge is 2.13. The molecule has 1 atom stereocenters. The molecule has 0 aliphatic rings. The van der Waals surface area contributed by atoms with Crippen LogP contribution in [0.3, 0.4) is 0 Å². The van der Waals surface area contributed by atoms with Crippen LogP contribution in [0.4, 0.5) is 8.78 Å². The summed E-state index contributed by atoms with van der Waals surface area (Å²) in [6.07, 6.45) is 4.08. The third-order valence-electron chi connectivity index (χ3n) is 2.44. The van der Waals surface area contributed by atoms with Crippen molar-refractivity contribution in [1.29, 1.82) is 0 Å². The van der Waals surface area contributed by atoms with Crippen molar-refractivity contribution in [2.75, 3.05) is 6.26 Å². The Hall–Kier alpha value is -2.15. The number of halogens is 2. The molecule has 20 heavy (non-hydrogen) atoms. The second-order valence-electron chi connectivity index (χ2n) is 4.05. The molecule has 0 radical (unpaired) electrons. The normalized spacial score (nSPS) is 13.6. The van der Waals surface area contributed by atoms with Gasteiger partial charge in [-0.25, -0.2) is 13.0 Å². The number of aromatic nitrogens is 1. The predicted molar refractivity (Wildman–Crippen MR) is 69.7 cm³/mol. The Balaban J connectivity index is 2.44. The summed E-state index contributed by atoms with van der Waals surface area (Å²) >= 11 is 0. The Morgan fingerprint density at radius 2 is 1.90 bits per heavy atom. The van der Waals surface area contributed by atoms with Gasteiger partial charge in [-0.05, 0) is 24.3 Å². The molecule has 4 nitrogen and oxygen atoms in total. The van der Waals surface area contributed by atoms with E-state index in [9.17, 15) is 17.8 Å². The Morgan fingerprint density at radius 3 is 2.45 bits per heavy atom. The zero-order chi connectivity index (χ0) is 14.8. The average Bonchev–Trinajstić information content (AvgIpc) is 2.38. The van der Waals surface area contributed by atoms with Crippen LogP contribution in [0.2, 0.25) is 0 Å². The molecule has 0 fully saturated rings. The van der Waals surface area contributed by atoms with E-state index in [1.165, 1.54) is 24.7 Å². The SMILES string of the molecule is CS(=O)(=NC(=O)c1cc(F)cc(F)c1)c1cccnc1. The van der Waals surface area contributed by atoms with Gasteiger partial charge in [-0.3, -0.25) is 9.78 Å². The Morgan fingerprint density at radius 1 is 1.25 bits per heavy atom. The van der Waals surface area contributed by atoms with Gasteiger partial charge in [0, 0.05) is 30.3 Å². The van der Waals surface area contributed by atoms with Crippen LogP contribution in [0.1, 0.15) is 10.4 Å². The lowest BCUT2D eigenvalue weighted by atomic mass is 10.2. The van der Waals surface area contributed by atoms with Crippen LogP contribution >= 0.6 is 0 Å². The van der Waals surface area contributed by atoms with Crippen molar-refractivity contribution in [2.24, 2.45) is 4.36 Å². The van der Waals surface area contributed by atoms with Crippen LogP contribution in [0, 0.1) is 11.6 Å². The third-order valence-corrected chi connectivity index (χ3v) is 4.07. The fourth-order valence-corrected chi connectivity index (χ4v) is 2.63. The fraction of sp³-hybridized carbons (Fsp3) is 0.0769. The lowest BCUT2D eigenvalue weighted by Gasteiger charge is -2.03. The highest BCUT2D eigenvalue weighted by Crippen LogP contribution is 2.14. The van der Waals surface area contributed by atoms with Gasteiger partial charge in [0.1, 0.15) is 11.6 Å². The quantitative estimate of drug-likeness (QED) is 0.856. The van der Waals surface area contributed by atoms with Gasteiger partial charge in [0.15, 0.2) is 0 Å². The summed E-state index contributed by atoms with van der Waals surface area (Å²) in [4.78, 5) is 15.9. The molecular formula is C13H10F2N2O2S. The van der Waals surface area contributed by atoms with Gasteiger partial charge in [-0.1, -0.05) is 0 Å². The molecule has 1 amide bonds. The van der Waals surface area contributed by atoms with Gasteiger partial charge in [0.05, 0.1) is 14.6 Å². The fourth-order valence-electron chi connectivity index (χ4n) is 1.51. The number of carbonyl (C=O) groups excluding carboxylic acids is 1. The van der Waals surface area contributed by atoms with Gasteiger partial charge in [0.2, 0.25) is 0 Å². The van der Waals surface area contributed by atoms with Crippen LogP contribution in [0.15, 0.2) is 52.0 Å². The van der Waals surface area contributed by atoms with E-state index in [1.54, 1.807) is 6.07 Å². The summed E-state index contributed by atoms with van der Waals surface area (Å²) in [5.41, 5.74) is -0.291. The minimum atomic E-state index is -3.02. The number of carbonyl (C=O) groups is 1. The molecular weight excluding hydrogens is 286 g/mol. The van der Waals surface area contributed by atoms with Crippen LogP contribution in [0.25, 0.3) is 0 Å². The zero-order valence-corrected chi connectivity index (χ0v) is 11.2. The summed E-state index contributed by atoms with van der Waals surface area (Å²) in [6, 6.07) is 5.39. The monoisotopic (exact) mass is 296 g/mol. The minimum Gasteiger partial charge on any atom is -0.266 e. The highest BCUT2D eigenvalue weighted by atomic mass is 32.2. The first kappa shape index (κ1) is 14.3. The van der Waals surface area contributed by atoms with E-state index in [4.69, 9.17) is 0 Å². The summed E-state index contributed by atoms with van der Waals surface area (Å²) in [7, 11) is -3.02. The lowest BCUT2D eigenvalue weighted by molar-refractivity contribution is 0.100. The predicted octanol–water partition coefficient (Wildman–Crippen LogP) is 2.66. The standard InChI is InChI=1S/C13H10F2N2O2S/c1-20(19,12-3-2-4-16-8-12)17-13(18)9-5-10(14)7-11(15)6-9/h2-8H,1H3. The first-order valence-electron chi connectivity index (χ1n) is 5.51. The Labute approximate surface area is 114 Å². The van der Waals surface area contributed by atoms with E-state index < -0.39 is 27.3 Å². The van der Waals surface area contributed by atoms with Gasteiger partial charge in [-0.2, -0.15) is 4.36 Å². The van der Waals surface area contributed by atoms with Crippen molar-refractivity contribution < 1.29 is 17.8 Å². The molecule has 0 aliphatic heterocycles. The van der Waals surface area contributed by atoms with E-state index >= 15 is 0 Å². The maximum Gasteiger partial charge on any atom is 0.285 e. The number of pyridine rings is 1. The van der Waals surface area contributed by atoms with E-state index in [1.807, 2.05) is 0 Å². The third kappa shape index (κ3) is 3.24. The van der Waals surface area contributed by atoms with E-state index in [-0.39, 0.29) is 10.5 Å². The molecule has 2 aromatic rings. The van der Waals surface area contributed by atoms with E-state index in [2.05, 4.69) is 9.35 Å². The van der Waals surface area contributed by atoms with Gasteiger partial charge in [0.25, 0.3) is 5.91 Å². The molecule has 0 bridgehead atoms. The maximum absolute atomic E-state index is 13.0. The zero-order valence-electron chi connectivity index (χ0n) is 10.4. The molecule has 1 heterocycles. The van der Waals surface area contributed by atoms with Crippen molar-refractivity contribution in [1.82, 2.24) is 4.98 Å². The molecule has 104 valence electrons. The van der Waals surface area contributed by atoms with Crippen LogP contribution in [-0.4, -0.2) is 21.4 Å². The Kier molecular flexibility index (Phi) is 3.89. The highest BCUT2D eigenvalue weighted by molar-refractivity contribution is 7.93. The van der Waals surface area contributed by atoms with Crippen LogP contribution < -0.4 is 0 Å². The number of nitrogens with zero attached hydrogens (tertiary/aromatic N) is 2. The number of hydrogen-bond acceptors (Lipinski definition) is 3. The molecule has 7 heteroatoms. The molecule has 1 aromatic heterocycles. The molecule has 1 aromatic carbocycles. The molecule has 1 unspecified atom stereocenters. The summed E-state index contributed by atoms with van der Waals surface area (Å²) in [5.74, 6) is -2.74. The number of amides is 1. The smallest absolute Gasteiger partial charge is 0.266 e. The second-order valence-corrected chi connectivity index (χ2v) is 6.30. The summed E-state index contributed by atoms with van der Waals surface area (Å²) in [5, 5.41) is 0. The molecule has 0 aliphatic carbocycles. The number of benzene rings is 1.